The number of nitrogens with two attached hydrogens (primary N) is 5. The van der Waals surface area contributed by atoms with Crippen LogP contribution in [0.3, 0.4) is 0 Å². The summed E-state index contributed by atoms with van der Waals surface area (Å²) < 4.78 is 0. The molecule has 0 saturated carbocycles. The number of nitrogens with one attached hydrogen (secondary N) is 4. The number of H-pyrrole nitrogens is 1. The highest BCUT2D eigenvalue weighted by Gasteiger charge is 2.31. The molecule has 0 unspecified atom stereocenters. The van der Waals surface area contributed by atoms with Crippen LogP contribution >= 0.6 is 0 Å². The van der Waals surface area contributed by atoms with E-state index in [9.17, 15) is 34.2 Å². The molecule has 0 spiro atoms. The Bertz CT molecular complexity index is 1420. The molecule has 0 fully saturated rings. The number of hydrogen-bond donors (Lipinski definition) is 11. The van der Waals surface area contributed by atoms with Gasteiger partial charge in [-0.2, -0.15) is 0 Å². The summed E-state index contributed by atoms with van der Waals surface area (Å²) in [5, 5.41) is 27.3. The number of carbonyl (C=O) groups is 5. The van der Waals surface area contributed by atoms with Gasteiger partial charge in [-0.15, -0.1) is 0 Å². The van der Waals surface area contributed by atoms with Crippen molar-refractivity contribution in [1.82, 2.24) is 20.9 Å². The van der Waals surface area contributed by atoms with E-state index in [4.69, 9.17) is 28.7 Å². The van der Waals surface area contributed by atoms with Crippen molar-refractivity contribution >= 4 is 52.5 Å². The monoisotopic (exact) mass is 645 g/mol. The Morgan fingerprint density at radius 2 is 1.30 bits per heavy atom. The number of benzene rings is 1. The van der Waals surface area contributed by atoms with Crippen LogP contribution in [0.2, 0.25) is 0 Å². The van der Waals surface area contributed by atoms with Gasteiger partial charge in [-0.1, -0.05) is 18.2 Å². The first-order valence-electron chi connectivity index (χ1n) is 14.6. The van der Waals surface area contributed by atoms with Gasteiger partial charge >= 0.3 is 11.9 Å². The molecular formula is C28H43N11O7. The summed E-state index contributed by atoms with van der Waals surface area (Å²) in [6.45, 7) is 0.327. The van der Waals surface area contributed by atoms with Crippen molar-refractivity contribution in [3.63, 3.8) is 0 Å². The summed E-state index contributed by atoms with van der Waals surface area (Å²) in [6, 6.07) is 2.19. The van der Waals surface area contributed by atoms with E-state index in [0.717, 1.165) is 10.9 Å². The average Bonchev–Trinajstić information content (AvgIpc) is 3.40. The van der Waals surface area contributed by atoms with Crippen LogP contribution < -0.4 is 44.6 Å². The zero-order chi connectivity index (χ0) is 34.2. The minimum absolute atomic E-state index is 0.0162. The number of guanidine groups is 2. The van der Waals surface area contributed by atoms with E-state index in [2.05, 4.69) is 30.9 Å². The van der Waals surface area contributed by atoms with Crippen molar-refractivity contribution in [2.45, 2.75) is 69.1 Å². The number of carbonyl (C=O) groups excluding carboxylic acids is 3. The van der Waals surface area contributed by atoms with E-state index in [1.165, 1.54) is 0 Å². The fourth-order valence-electron chi connectivity index (χ4n) is 4.50. The molecule has 1 heterocycles. The number of aliphatic imine (C=N–C) groups is 2. The predicted octanol–water partition coefficient (Wildman–Crippen LogP) is -2.45. The maximum absolute atomic E-state index is 13.4. The average molecular weight is 646 g/mol. The standard InChI is InChI=1S/C28H43N11O7/c29-17(6-3-11-34-27(30)31)23(42)37-20(9-10-22(40)41)25(44)38-19(8-4-12-35-28(32)33)24(43)39-21(26(45)46)13-15-14-36-18-7-2-1-5-16(15)18/h1-2,5,7,14,17,19-21,36H,3-4,6,8-13,29H2,(H,37,42)(H,38,44)(H,39,43)(H,40,41)(H,45,46)(H4,30,31,34)(H4,32,33,35)/t17-,19-,20-,21-/m0/s1. The van der Waals surface area contributed by atoms with Crippen LogP contribution in [0.1, 0.15) is 44.1 Å². The predicted molar refractivity (Wildman–Crippen MR) is 170 cm³/mol. The number of aromatic nitrogens is 1. The molecule has 0 aliphatic heterocycles. The van der Waals surface area contributed by atoms with E-state index in [1.54, 1.807) is 12.3 Å². The Hall–Kier alpha value is -5.39. The minimum atomic E-state index is -1.37. The SMILES string of the molecule is NC(N)=NCCC[C@H](NC(=O)[C@H](CCC(=O)O)NC(=O)[C@@H](N)CCCN=C(N)N)C(=O)N[C@@H](Cc1c[nH]c2ccccc12)C(=O)O. The van der Waals surface area contributed by atoms with Gasteiger partial charge in [0.1, 0.15) is 18.1 Å². The lowest BCUT2D eigenvalue weighted by Gasteiger charge is -2.25. The molecule has 46 heavy (non-hydrogen) atoms. The number of hydrogen-bond acceptors (Lipinski definition) is 8. The Labute approximate surface area is 264 Å². The number of nitrogens with zero attached hydrogens (tertiary/aromatic N) is 2. The molecular weight excluding hydrogens is 602 g/mol. The third-order valence-electron chi connectivity index (χ3n) is 6.88. The summed E-state index contributed by atoms with van der Waals surface area (Å²) >= 11 is 0. The first-order chi connectivity index (χ1) is 21.8. The molecule has 0 saturated heterocycles. The second-order valence-electron chi connectivity index (χ2n) is 10.5. The number of rotatable bonds is 20. The number of para-hydroxylation sites is 1. The fourth-order valence-corrected chi connectivity index (χ4v) is 4.50. The van der Waals surface area contributed by atoms with E-state index in [1.807, 2.05) is 18.2 Å². The third kappa shape index (κ3) is 12.7. The maximum atomic E-state index is 13.4. The van der Waals surface area contributed by atoms with Gasteiger partial charge in [-0.25, -0.2) is 4.79 Å². The number of aromatic amines is 1. The molecule has 1 aromatic heterocycles. The van der Waals surface area contributed by atoms with Gasteiger partial charge in [0.25, 0.3) is 0 Å². The number of carboxylic acid groups (broad SMARTS) is 2. The van der Waals surface area contributed by atoms with Gasteiger partial charge in [0.15, 0.2) is 11.9 Å². The molecule has 18 heteroatoms. The van der Waals surface area contributed by atoms with Crippen LogP contribution in [0.15, 0.2) is 40.4 Å². The normalized spacial score (nSPS) is 13.4. The summed E-state index contributed by atoms with van der Waals surface area (Å²) in [4.78, 5) is 73.7. The number of carboxylic acids is 2. The summed E-state index contributed by atoms with van der Waals surface area (Å²) in [5.41, 5.74) is 28.7. The minimum Gasteiger partial charge on any atom is -0.481 e. The molecule has 0 aliphatic carbocycles. The molecule has 2 rings (SSSR count). The maximum Gasteiger partial charge on any atom is 0.326 e. The van der Waals surface area contributed by atoms with Gasteiger partial charge in [0.2, 0.25) is 17.7 Å². The first-order valence-corrected chi connectivity index (χ1v) is 14.6. The highest BCUT2D eigenvalue weighted by atomic mass is 16.4. The van der Waals surface area contributed by atoms with Gasteiger partial charge in [-0.05, 0) is 43.7 Å². The number of amides is 3. The quantitative estimate of drug-likeness (QED) is 0.0406. The summed E-state index contributed by atoms with van der Waals surface area (Å²) in [6.07, 6.45) is 1.53. The van der Waals surface area contributed by atoms with Gasteiger partial charge < -0.3 is 59.8 Å². The van der Waals surface area contributed by atoms with Crippen LogP contribution in [0.5, 0.6) is 0 Å². The number of fused-ring (bicyclic) bond motifs is 1. The molecule has 0 aliphatic rings. The third-order valence-corrected chi connectivity index (χ3v) is 6.88. The van der Waals surface area contributed by atoms with Gasteiger partial charge in [-0.3, -0.25) is 29.2 Å². The molecule has 16 N–H and O–H groups in total. The van der Waals surface area contributed by atoms with E-state index >= 15 is 0 Å². The van der Waals surface area contributed by atoms with Crippen LogP contribution in [-0.2, 0) is 30.4 Å². The van der Waals surface area contributed by atoms with Crippen molar-refractivity contribution in [1.29, 1.82) is 0 Å². The lowest BCUT2D eigenvalue weighted by atomic mass is 10.0. The van der Waals surface area contributed by atoms with Crippen molar-refractivity contribution in [3.8, 4) is 0 Å². The van der Waals surface area contributed by atoms with E-state index in [-0.39, 0.29) is 57.1 Å². The Balaban J connectivity index is 2.20. The zero-order valence-corrected chi connectivity index (χ0v) is 25.3. The number of aliphatic carboxylic acids is 2. The second kappa shape index (κ2) is 18.4. The lowest BCUT2D eigenvalue weighted by molar-refractivity contribution is -0.142. The Morgan fingerprint density at radius 1 is 0.761 bits per heavy atom. The topological polar surface area (TPSA) is 333 Å². The highest BCUT2D eigenvalue weighted by Crippen LogP contribution is 2.19. The van der Waals surface area contributed by atoms with Crippen molar-refractivity contribution in [2.75, 3.05) is 13.1 Å². The molecule has 0 radical (unpaired) electrons. The molecule has 2 aromatic rings. The molecule has 18 nitrogen and oxygen atoms in total. The van der Waals surface area contributed by atoms with Crippen LogP contribution in [-0.4, -0.2) is 94.0 Å². The van der Waals surface area contributed by atoms with E-state index < -0.39 is 60.2 Å². The molecule has 0 bridgehead atoms. The van der Waals surface area contributed by atoms with Crippen LogP contribution in [0, 0.1) is 0 Å². The second-order valence-corrected chi connectivity index (χ2v) is 10.5. The largest absolute Gasteiger partial charge is 0.481 e. The zero-order valence-electron chi connectivity index (χ0n) is 25.3. The summed E-state index contributed by atoms with van der Waals surface area (Å²) in [5.74, 6) is -5.23. The van der Waals surface area contributed by atoms with Crippen molar-refractivity contribution in [3.05, 3.63) is 36.0 Å². The van der Waals surface area contributed by atoms with Crippen LogP contribution in [0.25, 0.3) is 10.9 Å². The first kappa shape index (κ1) is 36.8. The Kier molecular flexibility index (Phi) is 14.7. The molecule has 252 valence electrons. The molecule has 3 amide bonds. The van der Waals surface area contributed by atoms with E-state index in [0.29, 0.717) is 12.0 Å². The van der Waals surface area contributed by atoms with Gasteiger partial charge in [0, 0.05) is 43.0 Å². The summed E-state index contributed by atoms with van der Waals surface area (Å²) in [7, 11) is 0. The highest BCUT2D eigenvalue weighted by molar-refractivity contribution is 5.94. The fraction of sp³-hybridized carbons (Fsp3) is 0.464. The molecule has 4 atom stereocenters. The van der Waals surface area contributed by atoms with Crippen molar-refractivity contribution < 1.29 is 34.2 Å². The lowest BCUT2D eigenvalue weighted by Crippen LogP contribution is -2.57. The van der Waals surface area contributed by atoms with Crippen LogP contribution in [0.4, 0.5) is 0 Å². The van der Waals surface area contributed by atoms with Gasteiger partial charge in [0.05, 0.1) is 6.04 Å². The van der Waals surface area contributed by atoms with Crippen molar-refractivity contribution in [2.24, 2.45) is 38.7 Å². The molecule has 1 aromatic carbocycles. The smallest absolute Gasteiger partial charge is 0.326 e. The Morgan fingerprint density at radius 3 is 1.89 bits per heavy atom.